The zero-order valence-corrected chi connectivity index (χ0v) is 44.0. The molecule has 5 atom stereocenters. The Morgan fingerprint density at radius 1 is 0.612 bits per heavy atom. The molecule has 0 saturated carbocycles. The quantitative estimate of drug-likeness (QED) is 0.0802. The smallest absolute Gasteiger partial charge is 0.182 e. The molecule has 3 aromatic rings. The van der Waals surface area contributed by atoms with Crippen LogP contribution in [0.3, 0.4) is 0 Å². The fraction of sp³-hybridized carbons (Fsp3) is 0.636. The maximum absolute atomic E-state index is 7.58. The van der Waals surface area contributed by atoms with Crippen LogP contribution in [0.1, 0.15) is 205 Å². The second kappa shape index (κ2) is 16.8. The van der Waals surface area contributed by atoms with Crippen molar-refractivity contribution in [3.63, 3.8) is 0 Å². The van der Waals surface area contributed by atoms with Crippen LogP contribution in [0.5, 0.6) is 34.5 Å². The fourth-order valence-corrected chi connectivity index (χ4v) is 11.9. The van der Waals surface area contributed by atoms with Crippen molar-refractivity contribution < 1.29 is 28.6 Å². The molecule has 12 heteroatoms. The molecule has 8 rings (SSSR count). The van der Waals surface area contributed by atoms with Crippen LogP contribution >= 0.6 is 0 Å². The number of hydrogen-bond acceptors (Lipinski definition) is 10. The Balaban J connectivity index is 1.46. The lowest BCUT2D eigenvalue weighted by Crippen LogP contribution is -2.37. The first-order valence-corrected chi connectivity index (χ1v) is 25.0. The highest BCUT2D eigenvalue weighted by Gasteiger charge is 2.60. The lowest BCUT2D eigenvalue weighted by Gasteiger charge is -2.42. The number of fused-ring (bicyclic) bond motifs is 8. The van der Waals surface area contributed by atoms with E-state index < -0.39 is 16.6 Å². The van der Waals surface area contributed by atoms with E-state index in [9.17, 15) is 0 Å². The third-order valence-corrected chi connectivity index (χ3v) is 15.3. The Morgan fingerprint density at radius 3 is 1.45 bits per heavy atom. The third-order valence-electron chi connectivity index (χ3n) is 15.3. The van der Waals surface area contributed by atoms with Crippen LogP contribution in [0.4, 0.5) is 0 Å². The van der Waals surface area contributed by atoms with E-state index in [1.165, 1.54) is 27.8 Å². The summed E-state index contributed by atoms with van der Waals surface area (Å²) in [6.45, 7) is 43.9. The molecule has 4 N–H and O–H groups in total. The van der Waals surface area contributed by atoms with Crippen molar-refractivity contribution in [3.8, 4) is 34.5 Å². The molecular weight excluding hydrogens is 841 g/mol. The molecule has 2 aliphatic heterocycles. The summed E-state index contributed by atoms with van der Waals surface area (Å²) >= 11 is 0. The van der Waals surface area contributed by atoms with Gasteiger partial charge in [-0.3, -0.25) is 9.80 Å². The Labute approximate surface area is 401 Å². The van der Waals surface area contributed by atoms with Gasteiger partial charge in [-0.15, -0.1) is 0 Å². The van der Waals surface area contributed by atoms with Gasteiger partial charge < -0.3 is 40.1 Å². The van der Waals surface area contributed by atoms with Gasteiger partial charge in [-0.25, -0.2) is 0 Å². The molecule has 366 valence electrons. The molecule has 0 bridgehead atoms. The van der Waals surface area contributed by atoms with Gasteiger partial charge in [-0.2, -0.15) is 0 Å². The SMILES string of the molecule is CCN(CC)Cc1c2c(cc3c1C1(CC3(C)C)CC(C)(C)c3cc4c(c(CN(CC)CC)c31)OC(C)C(C)O4)Oc1c(c(/C(N)=N/OC(C)(C)C)c3c(c1/C(N)=N/OC(C)(C)C)C(C)C3C)O2. The average Bonchev–Trinajstić information content (AvgIpc) is 3.61. The predicted octanol–water partition coefficient (Wildman–Crippen LogP) is 11.6. The molecule has 67 heavy (non-hydrogen) atoms. The van der Waals surface area contributed by atoms with Crippen LogP contribution in [0.2, 0.25) is 0 Å². The summed E-state index contributed by atoms with van der Waals surface area (Å²) in [7, 11) is 0. The molecule has 3 aliphatic carbocycles. The molecule has 5 unspecified atom stereocenters. The highest BCUT2D eigenvalue weighted by molar-refractivity contribution is 6.10. The van der Waals surface area contributed by atoms with Crippen LogP contribution in [-0.2, 0) is 39.0 Å². The van der Waals surface area contributed by atoms with Crippen LogP contribution < -0.4 is 30.4 Å². The molecule has 0 amide bonds. The summed E-state index contributed by atoms with van der Waals surface area (Å²) in [6.07, 6.45) is 1.65. The van der Waals surface area contributed by atoms with Gasteiger partial charge in [0.2, 0.25) is 0 Å². The van der Waals surface area contributed by atoms with Gasteiger partial charge in [0.1, 0.15) is 23.4 Å². The molecule has 0 radical (unpaired) electrons. The number of nitrogens with zero attached hydrogens (tertiary/aromatic N) is 4. The van der Waals surface area contributed by atoms with Crippen LogP contribution in [0.25, 0.3) is 0 Å². The standard InChI is InChI=1S/C55H80N6O6/c1-19-60(20-2)25-33-43-35(23-37-45(33)63-32(8)31(7)62-37)53(15,16)27-55(43)28-54(17,18)36-24-38-46(34(44(36)55)26-61(21-3)22-4)65-48-42(50(57)59-67-52(12,13)14)40-30(6)29(5)39(40)41(47(48)64-38)49(56)58-66-51(9,10)11/h23-24,29-32H,19-22,25-28H2,1-18H3,(H2,56,58)(H2,57,59). The van der Waals surface area contributed by atoms with Crippen molar-refractivity contribution in [1.82, 2.24) is 9.80 Å². The molecule has 0 saturated heterocycles. The zero-order chi connectivity index (χ0) is 49.1. The minimum absolute atomic E-state index is 0.0658. The van der Waals surface area contributed by atoms with E-state index >= 15 is 0 Å². The number of rotatable bonds is 12. The second-order valence-corrected chi connectivity index (χ2v) is 23.4. The lowest BCUT2D eigenvalue weighted by atomic mass is 9.65. The van der Waals surface area contributed by atoms with Gasteiger partial charge in [-0.05, 0) is 163 Å². The van der Waals surface area contributed by atoms with E-state index in [1.54, 1.807) is 0 Å². The molecule has 5 aliphatic rings. The highest BCUT2D eigenvalue weighted by atomic mass is 16.7. The van der Waals surface area contributed by atoms with Gasteiger partial charge in [0, 0.05) is 29.6 Å². The van der Waals surface area contributed by atoms with Gasteiger partial charge in [0.05, 0.1) is 11.1 Å². The van der Waals surface area contributed by atoms with Gasteiger partial charge in [0.15, 0.2) is 46.2 Å². The first kappa shape index (κ1) is 48.8. The summed E-state index contributed by atoms with van der Waals surface area (Å²) in [5, 5.41) is 9.11. The largest absolute Gasteiger partial charge is 0.483 e. The average molecular weight is 921 g/mol. The number of benzene rings is 3. The highest BCUT2D eigenvalue weighted by Crippen LogP contribution is 2.69. The number of ether oxygens (including phenoxy) is 4. The first-order valence-electron chi connectivity index (χ1n) is 25.0. The summed E-state index contributed by atoms with van der Waals surface area (Å²) < 4.78 is 28.7. The third kappa shape index (κ3) is 8.09. The molecule has 0 fully saturated rings. The van der Waals surface area contributed by atoms with Crippen molar-refractivity contribution in [1.29, 1.82) is 0 Å². The van der Waals surface area contributed by atoms with Crippen molar-refractivity contribution in [3.05, 3.63) is 67.8 Å². The topological polar surface area (TPSA) is 139 Å². The van der Waals surface area contributed by atoms with E-state index in [-0.39, 0.29) is 46.5 Å². The lowest BCUT2D eigenvalue weighted by molar-refractivity contribution is 0.000448. The Kier molecular flexibility index (Phi) is 12.2. The van der Waals surface area contributed by atoms with Crippen molar-refractivity contribution >= 4 is 11.7 Å². The van der Waals surface area contributed by atoms with Crippen LogP contribution in [-0.4, -0.2) is 71.1 Å². The van der Waals surface area contributed by atoms with Crippen LogP contribution in [0.15, 0.2) is 22.4 Å². The van der Waals surface area contributed by atoms with E-state index in [4.69, 9.17) is 40.1 Å². The summed E-state index contributed by atoms with van der Waals surface area (Å²) in [6, 6.07) is 4.58. The summed E-state index contributed by atoms with van der Waals surface area (Å²) in [5.41, 5.74) is 23.1. The predicted molar refractivity (Wildman–Crippen MR) is 269 cm³/mol. The molecule has 12 nitrogen and oxygen atoms in total. The van der Waals surface area contributed by atoms with Gasteiger partial charge in [-0.1, -0.05) is 79.5 Å². The second-order valence-electron chi connectivity index (χ2n) is 23.4. The van der Waals surface area contributed by atoms with Crippen LogP contribution in [0, 0.1) is 0 Å². The molecule has 0 aromatic heterocycles. The Bertz CT molecular complexity index is 2520. The fourth-order valence-electron chi connectivity index (χ4n) is 11.9. The summed E-state index contributed by atoms with van der Waals surface area (Å²) in [5.74, 6) is 4.61. The molecule has 1 spiro atoms. The first-order chi connectivity index (χ1) is 31.2. The maximum Gasteiger partial charge on any atom is 0.182 e. The zero-order valence-electron chi connectivity index (χ0n) is 44.0. The minimum Gasteiger partial charge on any atom is -0.483 e. The summed E-state index contributed by atoms with van der Waals surface area (Å²) in [4.78, 5) is 17.0. The van der Waals surface area contributed by atoms with E-state index in [0.29, 0.717) is 40.7 Å². The Hall–Kier alpha value is -4.68. The normalized spacial score (nSPS) is 24.4. The van der Waals surface area contributed by atoms with E-state index in [1.807, 2.05) is 41.5 Å². The Morgan fingerprint density at radius 2 is 1.01 bits per heavy atom. The van der Waals surface area contributed by atoms with Crippen molar-refractivity contribution in [2.24, 2.45) is 21.8 Å². The van der Waals surface area contributed by atoms with Crippen molar-refractivity contribution in [2.75, 3.05) is 26.2 Å². The number of amidine groups is 2. The number of hydrogen-bond donors (Lipinski definition) is 2. The molecular formula is C55H80N6O6. The minimum atomic E-state index is -0.581. The van der Waals surface area contributed by atoms with E-state index in [0.717, 1.165) is 73.8 Å². The van der Waals surface area contributed by atoms with Gasteiger partial charge in [0.25, 0.3) is 0 Å². The number of nitrogens with two attached hydrogens (primary N) is 2. The number of oxime groups is 2. The molecule has 3 aromatic carbocycles. The van der Waals surface area contributed by atoms with Crippen molar-refractivity contribution in [2.45, 2.75) is 202 Å². The maximum atomic E-state index is 7.58. The molecule has 2 heterocycles. The van der Waals surface area contributed by atoms with E-state index in [2.05, 4.69) is 115 Å². The monoisotopic (exact) mass is 921 g/mol. The van der Waals surface area contributed by atoms with Gasteiger partial charge >= 0.3 is 0 Å².